The Morgan fingerprint density at radius 1 is 1.26 bits per heavy atom. The smallest absolute Gasteiger partial charge is 0.255 e. The number of nitrogens with zero attached hydrogens (tertiary/aromatic N) is 5. The molecule has 1 saturated heterocycles. The fourth-order valence-electron chi connectivity index (χ4n) is 3.87. The summed E-state index contributed by atoms with van der Waals surface area (Å²) in [5.74, 6) is 3.50. The Kier molecular flexibility index (Phi) is 5.14. The predicted molar refractivity (Wildman–Crippen MR) is 106 cm³/mol. The molecule has 1 atom stereocenters. The Morgan fingerprint density at radius 3 is 2.81 bits per heavy atom. The third-order valence-corrected chi connectivity index (χ3v) is 5.83. The Labute approximate surface area is 161 Å². The van der Waals surface area contributed by atoms with Gasteiger partial charge in [0.1, 0.15) is 11.6 Å². The normalized spacial score (nSPS) is 19.9. The predicted octanol–water partition coefficient (Wildman–Crippen LogP) is 3.16. The summed E-state index contributed by atoms with van der Waals surface area (Å²) in [5, 5.41) is 0. The summed E-state index contributed by atoms with van der Waals surface area (Å²) < 4.78 is 2.36. The molecule has 4 rings (SSSR count). The van der Waals surface area contributed by atoms with Crippen molar-refractivity contribution in [1.29, 1.82) is 0 Å². The summed E-state index contributed by atoms with van der Waals surface area (Å²) in [6, 6.07) is 3.88. The molecule has 144 valence electrons. The van der Waals surface area contributed by atoms with Gasteiger partial charge in [0.15, 0.2) is 0 Å². The summed E-state index contributed by atoms with van der Waals surface area (Å²) in [6.45, 7) is 5.74. The number of imidazole rings is 1. The number of aromatic nitrogens is 3. The highest BCUT2D eigenvalue weighted by atomic mass is 16.2. The molecule has 2 aromatic rings. The average Bonchev–Trinajstić information content (AvgIpc) is 3.41. The third-order valence-electron chi connectivity index (χ3n) is 5.83. The zero-order valence-corrected chi connectivity index (χ0v) is 16.3. The van der Waals surface area contributed by atoms with Crippen molar-refractivity contribution in [3.63, 3.8) is 0 Å². The molecule has 1 aliphatic carbocycles. The van der Waals surface area contributed by atoms with Gasteiger partial charge in [-0.3, -0.25) is 4.79 Å². The van der Waals surface area contributed by atoms with E-state index < -0.39 is 0 Å². The largest absolute Gasteiger partial charge is 0.356 e. The van der Waals surface area contributed by atoms with Gasteiger partial charge >= 0.3 is 0 Å². The highest BCUT2D eigenvalue weighted by Gasteiger charge is 2.28. The van der Waals surface area contributed by atoms with Crippen LogP contribution in [0.15, 0.2) is 30.7 Å². The van der Waals surface area contributed by atoms with Gasteiger partial charge in [0, 0.05) is 57.7 Å². The van der Waals surface area contributed by atoms with Crippen LogP contribution in [-0.4, -0.2) is 52.0 Å². The van der Waals surface area contributed by atoms with Gasteiger partial charge in [-0.1, -0.05) is 0 Å². The lowest BCUT2D eigenvalue weighted by molar-refractivity contribution is 0.0802. The maximum Gasteiger partial charge on any atom is 0.255 e. The lowest BCUT2D eigenvalue weighted by Gasteiger charge is -2.33. The van der Waals surface area contributed by atoms with Crippen molar-refractivity contribution in [1.82, 2.24) is 19.4 Å². The first-order valence-corrected chi connectivity index (χ1v) is 10.1. The molecule has 2 fully saturated rings. The Morgan fingerprint density at radius 2 is 2.11 bits per heavy atom. The van der Waals surface area contributed by atoms with E-state index >= 15 is 0 Å². The first-order valence-electron chi connectivity index (χ1n) is 10.1. The molecule has 0 radical (unpaired) electrons. The van der Waals surface area contributed by atoms with Crippen LogP contribution < -0.4 is 4.90 Å². The van der Waals surface area contributed by atoms with Crippen molar-refractivity contribution in [2.24, 2.45) is 5.92 Å². The van der Waals surface area contributed by atoms with Crippen LogP contribution in [0.1, 0.15) is 54.7 Å². The highest BCUT2D eigenvalue weighted by molar-refractivity contribution is 5.93. The zero-order chi connectivity index (χ0) is 18.8. The van der Waals surface area contributed by atoms with E-state index in [1.807, 2.05) is 32.3 Å². The van der Waals surface area contributed by atoms with Crippen molar-refractivity contribution < 1.29 is 4.79 Å². The summed E-state index contributed by atoms with van der Waals surface area (Å²) in [6.07, 6.45) is 10.8. The van der Waals surface area contributed by atoms with E-state index in [1.165, 1.54) is 25.1 Å². The van der Waals surface area contributed by atoms with Gasteiger partial charge in [0.25, 0.3) is 5.91 Å². The van der Waals surface area contributed by atoms with Crippen LogP contribution in [0.4, 0.5) is 5.82 Å². The van der Waals surface area contributed by atoms with Gasteiger partial charge in [-0.2, -0.15) is 0 Å². The molecule has 0 unspecified atom stereocenters. The average molecular weight is 367 g/mol. The van der Waals surface area contributed by atoms with Gasteiger partial charge in [-0.05, 0) is 50.7 Å². The van der Waals surface area contributed by atoms with E-state index in [-0.39, 0.29) is 5.91 Å². The minimum atomic E-state index is 0.0233. The summed E-state index contributed by atoms with van der Waals surface area (Å²) in [5.41, 5.74) is 0.650. The van der Waals surface area contributed by atoms with Crippen LogP contribution in [0, 0.1) is 5.92 Å². The second-order valence-electron chi connectivity index (χ2n) is 7.89. The number of hydrogen-bond acceptors (Lipinski definition) is 4. The molecule has 0 N–H and O–H groups in total. The minimum absolute atomic E-state index is 0.0233. The third kappa shape index (κ3) is 3.99. The van der Waals surface area contributed by atoms with Crippen LogP contribution in [0.25, 0.3) is 0 Å². The highest BCUT2D eigenvalue weighted by Crippen LogP contribution is 2.33. The number of carbonyl (C=O) groups excluding carboxylic acids is 1. The van der Waals surface area contributed by atoms with Crippen molar-refractivity contribution >= 4 is 11.7 Å². The van der Waals surface area contributed by atoms with E-state index in [2.05, 4.69) is 25.6 Å². The van der Waals surface area contributed by atoms with Crippen molar-refractivity contribution in [3.8, 4) is 0 Å². The van der Waals surface area contributed by atoms with Crippen molar-refractivity contribution in [2.45, 2.75) is 45.1 Å². The molecule has 1 aliphatic heterocycles. The molecule has 3 heterocycles. The van der Waals surface area contributed by atoms with E-state index in [9.17, 15) is 4.79 Å². The molecule has 2 aromatic heterocycles. The van der Waals surface area contributed by atoms with Gasteiger partial charge in [-0.15, -0.1) is 0 Å². The molecule has 1 saturated carbocycles. The summed E-state index contributed by atoms with van der Waals surface area (Å²) >= 11 is 0. The Bertz CT molecular complexity index is 780. The Hall–Kier alpha value is -2.37. The number of piperidine rings is 1. The van der Waals surface area contributed by atoms with Crippen LogP contribution in [0.2, 0.25) is 0 Å². The maximum atomic E-state index is 12.3. The van der Waals surface area contributed by atoms with E-state index in [4.69, 9.17) is 0 Å². The monoisotopic (exact) mass is 367 g/mol. The van der Waals surface area contributed by atoms with Crippen LogP contribution in [0.3, 0.4) is 0 Å². The van der Waals surface area contributed by atoms with E-state index in [0.717, 1.165) is 37.8 Å². The number of hydrogen-bond donors (Lipinski definition) is 0. The fourth-order valence-corrected chi connectivity index (χ4v) is 3.87. The SMILES string of the molecule is CCN(C)C(=O)c1ccc(N2CCC[C@@H](c3nccn3CC3CC3)C2)nc1. The van der Waals surface area contributed by atoms with Gasteiger partial charge in [0.05, 0.1) is 5.56 Å². The van der Waals surface area contributed by atoms with Gasteiger partial charge in [-0.25, -0.2) is 9.97 Å². The van der Waals surface area contributed by atoms with Crippen LogP contribution in [-0.2, 0) is 6.54 Å². The lowest BCUT2D eigenvalue weighted by Crippen LogP contribution is -2.36. The number of rotatable bonds is 6. The zero-order valence-electron chi connectivity index (χ0n) is 16.3. The first-order chi connectivity index (χ1) is 13.2. The lowest BCUT2D eigenvalue weighted by atomic mass is 9.97. The standard InChI is InChI=1S/C21H29N5O/c1-3-24(2)21(27)17-8-9-19(23-13-17)25-11-4-5-18(15-25)20-22-10-12-26(20)14-16-6-7-16/h8-10,12-13,16,18H,3-7,11,14-15H2,1-2H3/t18-/m1/s1. The molecule has 0 spiro atoms. The topological polar surface area (TPSA) is 54.3 Å². The van der Waals surface area contributed by atoms with Gasteiger partial charge in [0.2, 0.25) is 0 Å². The molecule has 6 nitrogen and oxygen atoms in total. The molecule has 1 amide bonds. The van der Waals surface area contributed by atoms with E-state index in [1.54, 1.807) is 11.1 Å². The van der Waals surface area contributed by atoms with Gasteiger partial charge < -0.3 is 14.4 Å². The van der Waals surface area contributed by atoms with Crippen LogP contribution in [0.5, 0.6) is 0 Å². The number of anilines is 1. The van der Waals surface area contributed by atoms with Crippen molar-refractivity contribution in [3.05, 3.63) is 42.1 Å². The Balaban J connectivity index is 1.45. The first kappa shape index (κ1) is 18.0. The number of pyridine rings is 1. The maximum absolute atomic E-state index is 12.3. The number of carbonyl (C=O) groups is 1. The second-order valence-corrected chi connectivity index (χ2v) is 7.89. The molecular formula is C21H29N5O. The van der Waals surface area contributed by atoms with E-state index in [0.29, 0.717) is 18.0 Å². The minimum Gasteiger partial charge on any atom is -0.356 e. The van der Waals surface area contributed by atoms with Crippen LogP contribution >= 0.6 is 0 Å². The molecule has 0 bridgehead atoms. The number of amides is 1. The molecule has 27 heavy (non-hydrogen) atoms. The summed E-state index contributed by atoms with van der Waals surface area (Å²) in [4.78, 5) is 25.6. The van der Waals surface area contributed by atoms with Crippen molar-refractivity contribution in [2.75, 3.05) is 31.6 Å². The molecule has 6 heteroatoms. The molecular weight excluding hydrogens is 338 g/mol. The molecule has 0 aromatic carbocycles. The quantitative estimate of drug-likeness (QED) is 0.787. The molecule has 2 aliphatic rings. The fraction of sp³-hybridized carbons (Fsp3) is 0.571. The summed E-state index contributed by atoms with van der Waals surface area (Å²) in [7, 11) is 1.81. The second kappa shape index (κ2) is 7.71.